The third-order valence-corrected chi connectivity index (χ3v) is 3.43. The molecule has 0 spiro atoms. The molecule has 0 nitrogen and oxygen atoms in total. The predicted molar refractivity (Wildman–Crippen MR) is 61.8 cm³/mol. The normalized spacial score (nSPS) is 16.7. The van der Waals surface area contributed by atoms with Gasteiger partial charge in [0.05, 0.1) is 0 Å². The van der Waals surface area contributed by atoms with E-state index < -0.39 is 0 Å². The smallest absolute Gasteiger partial charge is 0.0159 e. The summed E-state index contributed by atoms with van der Waals surface area (Å²) < 4.78 is 0. The molecule has 1 aromatic rings. The van der Waals surface area contributed by atoms with Crippen molar-refractivity contribution in [3.63, 3.8) is 0 Å². The lowest BCUT2D eigenvalue weighted by molar-refractivity contribution is 0.418. The molecule has 0 saturated heterocycles. The van der Waals surface area contributed by atoms with Crippen molar-refractivity contribution in [3.05, 3.63) is 34.9 Å². The van der Waals surface area contributed by atoms with Gasteiger partial charge in [-0.3, -0.25) is 0 Å². The van der Waals surface area contributed by atoms with Gasteiger partial charge in [-0.1, -0.05) is 38.0 Å². The Kier molecular flexibility index (Phi) is 2.90. The molecule has 1 aliphatic carbocycles. The Balaban J connectivity index is 2.22. The lowest BCUT2D eigenvalue weighted by Gasteiger charge is -2.27. The molecule has 2 rings (SSSR count). The van der Waals surface area contributed by atoms with Crippen molar-refractivity contribution >= 4 is 0 Å². The molecule has 1 saturated carbocycles. The zero-order valence-corrected chi connectivity index (χ0v) is 9.34. The summed E-state index contributed by atoms with van der Waals surface area (Å²) in [6, 6.07) is 7.04. The average molecular weight is 188 g/mol. The maximum absolute atomic E-state index is 2.45. The quantitative estimate of drug-likeness (QED) is 0.666. The lowest BCUT2D eigenvalue weighted by Crippen LogP contribution is -2.10. The van der Waals surface area contributed by atoms with Crippen LogP contribution in [-0.2, 0) is 6.42 Å². The summed E-state index contributed by atoms with van der Waals surface area (Å²) in [4.78, 5) is 0. The second-order valence-electron chi connectivity index (χ2n) is 4.57. The molecule has 0 N–H and O–H groups in total. The van der Waals surface area contributed by atoms with Crippen LogP contribution >= 0.6 is 0 Å². The summed E-state index contributed by atoms with van der Waals surface area (Å²) in [5, 5.41) is 0. The van der Waals surface area contributed by atoms with Crippen LogP contribution in [0.2, 0.25) is 0 Å². The van der Waals surface area contributed by atoms with Gasteiger partial charge in [-0.25, -0.2) is 0 Å². The zero-order valence-electron chi connectivity index (χ0n) is 9.34. The molecule has 0 bridgehead atoms. The molecular formula is C14H20. The summed E-state index contributed by atoms with van der Waals surface area (Å²) in [7, 11) is 0. The van der Waals surface area contributed by atoms with Gasteiger partial charge in [-0.05, 0) is 48.8 Å². The second-order valence-corrected chi connectivity index (χ2v) is 4.57. The van der Waals surface area contributed by atoms with E-state index in [1.165, 1.54) is 43.2 Å². The second kappa shape index (κ2) is 4.16. The molecule has 1 fully saturated rings. The Morgan fingerprint density at radius 3 is 2.64 bits per heavy atom. The van der Waals surface area contributed by atoms with Crippen LogP contribution in [0.3, 0.4) is 0 Å². The van der Waals surface area contributed by atoms with Crippen LogP contribution in [-0.4, -0.2) is 0 Å². The summed E-state index contributed by atoms with van der Waals surface area (Å²) in [6.07, 6.45) is 6.75. The summed E-state index contributed by atoms with van der Waals surface area (Å²) in [6.45, 7) is 4.51. The summed E-state index contributed by atoms with van der Waals surface area (Å²) >= 11 is 0. The molecule has 0 heteroatoms. The van der Waals surface area contributed by atoms with Crippen molar-refractivity contribution in [2.24, 2.45) is 0 Å². The highest BCUT2D eigenvalue weighted by atomic mass is 14.3. The van der Waals surface area contributed by atoms with Gasteiger partial charge in [0.25, 0.3) is 0 Å². The molecule has 1 aliphatic rings. The van der Waals surface area contributed by atoms with Crippen molar-refractivity contribution < 1.29 is 0 Å². The van der Waals surface area contributed by atoms with E-state index in [-0.39, 0.29) is 0 Å². The first-order valence-corrected chi connectivity index (χ1v) is 5.90. The SMILES string of the molecule is CCCc1ccc(C)c(C2CCC2)c1. The Hall–Kier alpha value is -0.780. The van der Waals surface area contributed by atoms with Crippen molar-refractivity contribution in [3.8, 4) is 0 Å². The summed E-state index contributed by atoms with van der Waals surface area (Å²) in [5.74, 6) is 0.881. The maximum atomic E-state index is 2.45. The van der Waals surface area contributed by atoms with Crippen molar-refractivity contribution in [2.75, 3.05) is 0 Å². The van der Waals surface area contributed by atoms with E-state index in [0.717, 1.165) is 5.92 Å². The highest BCUT2D eigenvalue weighted by Gasteiger charge is 2.20. The van der Waals surface area contributed by atoms with Gasteiger partial charge in [0.15, 0.2) is 0 Å². The Morgan fingerprint density at radius 1 is 1.29 bits per heavy atom. The van der Waals surface area contributed by atoms with Crippen molar-refractivity contribution in [2.45, 2.75) is 51.9 Å². The molecule has 0 aromatic heterocycles. The van der Waals surface area contributed by atoms with E-state index in [4.69, 9.17) is 0 Å². The first kappa shape index (κ1) is 9.76. The van der Waals surface area contributed by atoms with Crippen LogP contribution in [0.25, 0.3) is 0 Å². The van der Waals surface area contributed by atoms with Crippen LogP contribution in [0.1, 0.15) is 55.2 Å². The van der Waals surface area contributed by atoms with Crippen LogP contribution in [0.5, 0.6) is 0 Å². The molecule has 0 aliphatic heterocycles. The largest absolute Gasteiger partial charge is 0.0651 e. The highest BCUT2D eigenvalue weighted by molar-refractivity contribution is 5.34. The molecule has 0 atom stereocenters. The van der Waals surface area contributed by atoms with E-state index in [1.54, 1.807) is 5.56 Å². The van der Waals surface area contributed by atoms with E-state index >= 15 is 0 Å². The van der Waals surface area contributed by atoms with E-state index in [1.807, 2.05) is 0 Å². The van der Waals surface area contributed by atoms with Crippen LogP contribution in [0.4, 0.5) is 0 Å². The molecule has 0 amide bonds. The fraction of sp³-hybridized carbons (Fsp3) is 0.571. The maximum Gasteiger partial charge on any atom is -0.0159 e. The monoisotopic (exact) mass is 188 g/mol. The zero-order chi connectivity index (χ0) is 9.97. The Morgan fingerprint density at radius 2 is 2.07 bits per heavy atom. The van der Waals surface area contributed by atoms with E-state index in [9.17, 15) is 0 Å². The van der Waals surface area contributed by atoms with Crippen molar-refractivity contribution in [1.82, 2.24) is 0 Å². The van der Waals surface area contributed by atoms with Gasteiger partial charge in [0, 0.05) is 0 Å². The van der Waals surface area contributed by atoms with Gasteiger partial charge >= 0.3 is 0 Å². The minimum absolute atomic E-state index is 0.881. The Labute approximate surface area is 87.3 Å². The number of rotatable bonds is 3. The topological polar surface area (TPSA) is 0 Å². The van der Waals surface area contributed by atoms with Crippen molar-refractivity contribution in [1.29, 1.82) is 0 Å². The summed E-state index contributed by atoms with van der Waals surface area (Å²) in [5.41, 5.74) is 4.65. The molecule has 0 heterocycles. The van der Waals surface area contributed by atoms with Crippen LogP contribution < -0.4 is 0 Å². The Bertz CT molecular complexity index is 308. The fourth-order valence-electron chi connectivity index (χ4n) is 2.29. The molecule has 14 heavy (non-hydrogen) atoms. The molecular weight excluding hydrogens is 168 g/mol. The number of hydrogen-bond acceptors (Lipinski definition) is 0. The third kappa shape index (κ3) is 1.84. The standard InChI is InChI=1S/C14H20/c1-3-5-12-9-8-11(2)14(10-12)13-6-4-7-13/h8-10,13H,3-7H2,1-2H3. The fourth-order valence-corrected chi connectivity index (χ4v) is 2.29. The van der Waals surface area contributed by atoms with Gasteiger partial charge in [-0.15, -0.1) is 0 Å². The minimum Gasteiger partial charge on any atom is -0.0651 e. The number of hydrogen-bond donors (Lipinski definition) is 0. The van der Waals surface area contributed by atoms with Gasteiger partial charge in [0.1, 0.15) is 0 Å². The van der Waals surface area contributed by atoms with Crippen LogP contribution in [0, 0.1) is 6.92 Å². The van der Waals surface area contributed by atoms with Gasteiger partial charge in [0.2, 0.25) is 0 Å². The average Bonchev–Trinajstić information content (AvgIpc) is 2.08. The highest BCUT2D eigenvalue weighted by Crippen LogP contribution is 2.38. The van der Waals surface area contributed by atoms with Gasteiger partial charge in [-0.2, -0.15) is 0 Å². The van der Waals surface area contributed by atoms with Crippen LogP contribution in [0.15, 0.2) is 18.2 Å². The molecule has 0 unspecified atom stereocenters. The minimum atomic E-state index is 0.881. The number of benzene rings is 1. The predicted octanol–water partition coefficient (Wildman–Crippen LogP) is 4.22. The van der Waals surface area contributed by atoms with Gasteiger partial charge < -0.3 is 0 Å². The van der Waals surface area contributed by atoms with E-state index in [2.05, 4.69) is 32.0 Å². The number of aryl methyl sites for hydroxylation is 2. The first-order chi connectivity index (χ1) is 6.81. The molecule has 0 radical (unpaired) electrons. The lowest BCUT2D eigenvalue weighted by atomic mass is 9.78. The third-order valence-electron chi connectivity index (χ3n) is 3.43. The molecule has 1 aromatic carbocycles. The van der Waals surface area contributed by atoms with E-state index in [0.29, 0.717) is 0 Å². The first-order valence-electron chi connectivity index (χ1n) is 5.90. The molecule has 76 valence electrons.